The third-order valence-electron chi connectivity index (χ3n) is 9.15. The zero-order valence-electron chi connectivity index (χ0n) is 24.5. The molecule has 3 fully saturated rings. The van der Waals surface area contributed by atoms with E-state index in [9.17, 15) is 23.2 Å². The van der Waals surface area contributed by atoms with Gasteiger partial charge in [-0.05, 0) is 36.5 Å². The largest absolute Gasteiger partial charge is 0.378 e. The summed E-state index contributed by atoms with van der Waals surface area (Å²) < 4.78 is 37.9. The van der Waals surface area contributed by atoms with E-state index in [0.29, 0.717) is 57.1 Å². The number of nitrogens with zero attached hydrogens (tertiary/aromatic N) is 7. The van der Waals surface area contributed by atoms with Crippen molar-refractivity contribution in [3.05, 3.63) is 57.4 Å². The number of rotatable bonds is 7. The predicted octanol–water partition coefficient (Wildman–Crippen LogP) is 3.20. The average molecular weight is 688 g/mol. The molecule has 1 N–H and O–H groups in total. The van der Waals surface area contributed by atoms with Gasteiger partial charge >= 0.3 is 0 Å². The van der Waals surface area contributed by atoms with Crippen molar-refractivity contribution in [2.75, 3.05) is 44.3 Å². The highest BCUT2D eigenvalue weighted by molar-refractivity contribution is 9.10. The van der Waals surface area contributed by atoms with E-state index in [1.54, 1.807) is 26.7 Å². The molecule has 1 atom stereocenters. The fourth-order valence-corrected chi connectivity index (χ4v) is 7.23. The highest BCUT2D eigenvalue weighted by atomic mass is 79.9. The summed E-state index contributed by atoms with van der Waals surface area (Å²) in [6.07, 6.45) is 2.59. The van der Waals surface area contributed by atoms with Gasteiger partial charge in [0.2, 0.25) is 11.8 Å². The van der Waals surface area contributed by atoms with Gasteiger partial charge in [0.25, 0.3) is 12.3 Å². The van der Waals surface area contributed by atoms with Crippen LogP contribution in [0.4, 0.5) is 14.6 Å². The molecule has 3 saturated heterocycles. The number of anilines is 1. The van der Waals surface area contributed by atoms with E-state index in [0.717, 1.165) is 47.3 Å². The Morgan fingerprint density at radius 3 is 2.58 bits per heavy atom. The molecule has 1 unspecified atom stereocenters. The molecule has 238 valence electrons. The third-order valence-corrected chi connectivity index (χ3v) is 9.89. The van der Waals surface area contributed by atoms with E-state index in [2.05, 4.69) is 41.2 Å². The minimum Gasteiger partial charge on any atom is -0.378 e. The van der Waals surface area contributed by atoms with Crippen molar-refractivity contribution in [1.82, 2.24) is 34.7 Å². The third kappa shape index (κ3) is 5.76. The van der Waals surface area contributed by atoms with Gasteiger partial charge in [0.1, 0.15) is 17.5 Å². The molecule has 0 radical (unpaired) electrons. The van der Waals surface area contributed by atoms with Crippen molar-refractivity contribution in [1.29, 1.82) is 0 Å². The van der Waals surface area contributed by atoms with Crippen molar-refractivity contribution in [3.63, 3.8) is 0 Å². The number of nitrogens with one attached hydrogen (secondary N) is 1. The number of piperidine rings is 2. The average Bonchev–Trinajstić information content (AvgIpc) is 3.76. The second kappa shape index (κ2) is 12.2. The molecule has 4 aliphatic rings. The maximum absolute atomic E-state index is 14.2. The number of halogens is 3. The summed E-state index contributed by atoms with van der Waals surface area (Å²) >= 11 is 3.64. The summed E-state index contributed by atoms with van der Waals surface area (Å²) in [7, 11) is 0. The fourth-order valence-electron chi connectivity index (χ4n) is 6.76. The van der Waals surface area contributed by atoms with Crippen LogP contribution in [0.25, 0.3) is 5.69 Å². The summed E-state index contributed by atoms with van der Waals surface area (Å²) in [5, 5.41) is 11.1. The lowest BCUT2D eigenvalue weighted by Crippen LogP contribution is -2.52. The number of ether oxygens (including phenoxy) is 1. The predicted molar refractivity (Wildman–Crippen MR) is 161 cm³/mol. The van der Waals surface area contributed by atoms with Crippen LogP contribution in [-0.2, 0) is 27.4 Å². The first kappa shape index (κ1) is 30.0. The lowest BCUT2D eigenvalue weighted by atomic mass is 10.0. The molecule has 0 aliphatic carbocycles. The number of likely N-dealkylation sites (tertiary alicyclic amines) is 1. The molecule has 0 bridgehead atoms. The number of carbonyl (C=O) groups excluding carboxylic acids is 3. The molecule has 3 aromatic rings. The number of benzene rings is 1. The molecule has 6 heterocycles. The first-order valence-corrected chi connectivity index (χ1v) is 16.0. The first-order valence-electron chi connectivity index (χ1n) is 15.2. The molecule has 12 nitrogen and oxygen atoms in total. The second-order valence-electron chi connectivity index (χ2n) is 11.9. The smallest absolute Gasteiger partial charge is 0.284 e. The van der Waals surface area contributed by atoms with Gasteiger partial charge in [0, 0.05) is 61.8 Å². The van der Waals surface area contributed by atoms with Crippen molar-refractivity contribution >= 4 is 39.5 Å². The molecule has 45 heavy (non-hydrogen) atoms. The molecule has 3 amide bonds. The van der Waals surface area contributed by atoms with E-state index in [1.165, 1.54) is 0 Å². The van der Waals surface area contributed by atoms with Gasteiger partial charge in [0.05, 0.1) is 31.6 Å². The standard InChI is InChI=1S/C30H33BrF2N8O4/c31-22-14-21-18(16-39(30(21)44)23-1-2-25(42)35-29(23)43)13-19(22)15-37-7-4-20(5-8-37)40-17-24(27(36-40)28(32)33)41-26(3-6-34-41)38-9-11-45-12-10-38/h3,6,13-14,17,20,23,28H,1-2,4-5,7-12,15-16H2,(H,35,42,43). The van der Waals surface area contributed by atoms with Crippen LogP contribution in [0.15, 0.2) is 35.1 Å². The van der Waals surface area contributed by atoms with Crippen LogP contribution in [0.1, 0.15) is 65.3 Å². The van der Waals surface area contributed by atoms with Crippen molar-refractivity contribution in [2.45, 2.75) is 57.3 Å². The summed E-state index contributed by atoms with van der Waals surface area (Å²) in [5.74, 6) is -0.202. The number of carbonyl (C=O) groups is 3. The Morgan fingerprint density at radius 2 is 1.84 bits per heavy atom. The Hall–Kier alpha value is -3.69. The van der Waals surface area contributed by atoms with E-state index in [-0.39, 0.29) is 30.0 Å². The van der Waals surface area contributed by atoms with Crippen molar-refractivity contribution in [2.24, 2.45) is 0 Å². The Kier molecular flexibility index (Phi) is 8.16. The number of hydrogen-bond acceptors (Lipinski definition) is 8. The summed E-state index contributed by atoms with van der Waals surface area (Å²) in [5.41, 5.74) is 2.46. The summed E-state index contributed by atoms with van der Waals surface area (Å²) in [4.78, 5) is 43.1. The van der Waals surface area contributed by atoms with Crippen LogP contribution in [0.2, 0.25) is 0 Å². The van der Waals surface area contributed by atoms with Crippen molar-refractivity contribution in [3.8, 4) is 5.69 Å². The van der Waals surface area contributed by atoms with Gasteiger partial charge in [0.15, 0.2) is 5.69 Å². The fraction of sp³-hybridized carbons (Fsp3) is 0.500. The van der Waals surface area contributed by atoms with Gasteiger partial charge in [-0.3, -0.25) is 29.3 Å². The quantitative estimate of drug-likeness (QED) is 0.377. The molecule has 2 aromatic heterocycles. The minimum atomic E-state index is -2.74. The van der Waals surface area contributed by atoms with Crippen LogP contribution < -0.4 is 10.2 Å². The SMILES string of the molecule is O=C1CCC(N2Cc3cc(CN4CCC(n5cc(-n6nccc6N6CCOCC6)c(C(F)F)n5)CC4)c(Br)cc3C2=O)C(=O)N1. The van der Waals surface area contributed by atoms with Gasteiger partial charge in [-0.25, -0.2) is 13.5 Å². The molecular weight excluding hydrogens is 654 g/mol. The maximum atomic E-state index is 14.2. The highest BCUT2D eigenvalue weighted by Gasteiger charge is 2.39. The van der Waals surface area contributed by atoms with Gasteiger partial charge < -0.3 is 14.5 Å². The molecule has 0 spiro atoms. The normalized spacial score (nSPS) is 21.6. The molecule has 0 saturated carbocycles. The lowest BCUT2D eigenvalue weighted by Gasteiger charge is -2.32. The van der Waals surface area contributed by atoms with E-state index in [1.807, 2.05) is 18.2 Å². The van der Waals surface area contributed by atoms with Gasteiger partial charge in [-0.1, -0.05) is 22.0 Å². The number of fused-ring (bicyclic) bond motifs is 1. The van der Waals surface area contributed by atoms with Crippen LogP contribution in [0.5, 0.6) is 0 Å². The summed E-state index contributed by atoms with van der Waals surface area (Å²) in [6, 6.07) is 4.98. The number of alkyl halides is 2. The lowest BCUT2D eigenvalue weighted by molar-refractivity contribution is -0.136. The number of hydrogen-bond donors (Lipinski definition) is 1. The second-order valence-corrected chi connectivity index (χ2v) is 12.7. The van der Waals surface area contributed by atoms with E-state index < -0.39 is 18.4 Å². The topological polar surface area (TPSA) is 118 Å². The number of morpholine rings is 1. The van der Waals surface area contributed by atoms with Crippen molar-refractivity contribution < 1.29 is 27.9 Å². The van der Waals surface area contributed by atoms with Crippen LogP contribution in [0.3, 0.4) is 0 Å². The van der Waals surface area contributed by atoms with Gasteiger partial charge in [-0.2, -0.15) is 10.2 Å². The molecule has 7 rings (SSSR count). The number of amides is 3. The minimum absolute atomic E-state index is 0.0296. The Morgan fingerprint density at radius 1 is 1.07 bits per heavy atom. The maximum Gasteiger partial charge on any atom is 0.284 e. The molecule has 15 heteroatoms. The first-order chi connectivity index (χ1) is 21.8. The highest BCUT2D eigenvalue weighted by Crippen LogP contribution is 2.34. The number of imide groups is 1. The monoisotopic (exact) mass is 686 g/mol. The summed E-state index contributed by atoms with van der Waals surface area (Å²) in [6.45, 7) is 4.94. The zero-order valence-corrected chi connectivity index (χ0v) is 26.1. The molecule has 1 aromatic carbocycles. The van der Waals surface area contributed by atoms with Gasteiger partial charge in [-0.15, -0.1) is 0 Å². The van der Waals surface area contributed by atoms with E-state index in [4.69, 9.17) is 4.74 Å². The Bertz CT molecular complexity index is 1630. The molecule has 4 aliphatic heterocycles. The zero-order chi connectivity index (χ0) is 31.2. The van der Waals surface area contributed by atoms with Crippen LogP contribution >= 0.6 is 15.9 Å². The van der Waals surface area contributed by atoms with Crippen LogP contribution in [0, 0.1) is 0 Å². The van der Waals surface area contributed by atoms with Crippen LogP contribution in [-0.4, -0.2) is 92.5 Å². The molecular formula is C30H33BrF2N8O4. The number of aromatic nitrogens is 4. The Balaban J connectivity index is 1.02. The van der Waals surface area contributed by atoms with E-state index >= 15 is 0 Å². The Labute approximate surface area is 266 Å².